The number of hydrogen-bond acceptors (Lipinski definition) is 1. The van der Waals surface area contributed by atoms with Gasteiger partial charge in [0.2, 0.25) is 0 Å². The fourth-order valence-electron chi connectivity index (χ4n) is 0.667. The zero-order valence-electron chi connectivity index (χ0n) is 7.94. The van der Waals surface area contributed by atoms with Crippen molar-refractivity contribution in [3.8, 4) is 0 Å². The van der Waals surface area contributed by atoms with Crippen LogP contribution in [0.1, 0.15) is 34.6 Å². The molecule has 0 saturated heterocycles. The molecule has 2 radical (unpaired) electrons. The molecule has 62 valence electrons. The van der Waals surface area contributed by atoms with Gasteiger partial charge in [-0.3, -0.25) is 0 Å². The molecule has 10 heavy (non-hydrogen) atoms. The summed E-state index contributed by atoms with van der Waals surface area (Å²) in [6, 6.07) is 0. The van der Waals surface area contributed by atoms with E-state index < -0.39 is 0 Å². The van der Waals surface area contributed by atoms with Gasteiger partial charge in [-0.25, -0.2) is 0 Å². The predicted octanol–water partition coefficient (Wildman–Crippen LogP) is 1.10. The molecule has 0 spiro atoms. The van der Waals surface area contributed by atoms with Crippen LogP contribution in [0.25, 0.3) is 0 Å². The number of hydrogen-bond donors (Lipinski definition) is 1. The van der Waals surface area contributed by atoms with Crippen molar-refractivity contribution < 1.29 is 0 Å². The van der Waals surface area contributed by atoms with Crippen LogP contribution in [-0.4, -0.2) is 32.8 Å². The summed E-state index contributed by atoms with van der Waals surface area (Å²) in [5.74, 6) is 1.13. The van der Waals surface area contributed by atoms with Crippen molar-refractivity contribution in [3.63, 3.8) is 0 Å². The van der Waals surface area contributed by atoms with Crippen molar-refractivity contribution in [2.45, 2.75) is 40.2 Å². The number of rotatable bonds is 2. The molecule has 1 nitrogen and oxygen atoms in total. The van der Waals surface area contributed by atoms with Crippen LogP contribution >= 0.6 is 0 Å². The van der Waals surface area contributed by atoms with Crippen LogP contribution in [0.4, 0.5) is 0 Å². The zero-order valence-corrected chi connectivity index (χ0v) is 13.4. The molecule has 0 aliphatic heterocycles. The molecule has 0 rings (SSSR count). The van der Waals surface area contributed by atoms with E-state index >= 15 is 0 Å². The normalized spacial score (nSPS) is 12.0. The van der Waals surface area contributed by atoms with E-state index in [-0.39, 0.29) is 32.8 Å². The molecule has 0 fully saturated rings. The van der Waals surface area contributed by atoms with Crippen molar-refractivity contribution in [2.24, 2.45) is 17.6 Å². The second-order valence-electron chi connectivity index (χ2n) is 3.68. The summed E-state index contributed by atoms with van der Waals surface area (Å²) in [7, 11) is 0. The van der Waals surface area contributed by atoms with E-state index in [1.807, 2.05) is 0 Å². The Morgan fingerprint density at radius 2 is 1.20 bits per heavy atom. The van der Waals surface area contributed by atoms with Gasteiger partial charge in [0.05, 0.1) is 0 Å². The van der Waals surface area contributed by atoms with Gasteiger partial charge in [-0.1, -0.05) is 27.7 Å². The quantitative estimate of drug-likeness (QED) is 0.750. The summed E-state index contributed by atoms with van der Waals surface area (Å²) in [6.45, 7) is 10.8. The summed E-state index contributed by atoms with van der Waals surface area (Å²) in [5, 5.41) is 0. The summed E-state index contributed by atoms with van der Waals surface area (Å²) < 4.78 is 0. The van der Waals surface area contributed by atoms with E-state index in [2.05, 4.69) is 34.6 Å². The minimum absolute atomic E-state index is 0. The summed E-state index contributed by atoms with van der Waals surface area (Å²) in [5.41, 5.74) is 6.00. The third kappa shape index (κ3) is 3.33. The number of nitrogens with two attached hydrogens (primary N) is 1. The van der Waals surface area contributed by atoms with Crippen LogP contribution in [0.15, 0.2) is 0 Å². The average molecular weight is 338 g/mol. The van der Waals surface area contributed by atoms with Crippen molar-refractivity contribution >= 4 is 27.3 Å². The van der Waals surface area contributed by atoms with Gasteiger partial charge < -0.3 is 5.73 Å². The Kier molecular flexibility index (Phi) is 6.33. The fraction of sp³-hybridized carbons (Fsp3) is 1.00. The maximum atomic E-state index is 6.00. The van der Waals surface area contributed by atoms with Crippen molar-refractivity contribution in [2.75, 3.05) is 0 Å². The van der Waals surface area contributed by atoms with Crippen molar-refractivity contribution in [1.82, 2.24) is 0 Å². The standard InChI is InChI=1S/C8H19N.Pb.2H/c1-6(2)8(5,9)7(3)4;;;/h6-7H,9H2,1-5H3;;;. The molecule has 0 aromatic heterocycles. The Bertz CT molecular complexity index is 77.3. The second kappa shape index (κ2) is 4.70. The Morgan fingerprint density at radius 1 is 1.00 bits per heavy atom. The van der Waals surface area contributed by atoms with E-state index in [1.165, 1.54) is 0 Å². The molecule has 0 atom stereocenters. The Morgan fingerprint density at radius 3 is 1.20 bits per heavy atom. The molecule has 0 aliphatic carbocycles. The molecule has 0 bridgehead atoms. The van der Waals surface area contributed by atoms with E-state index in [0.717, 1.165) is 0 Å². The second-order valence-corrected chi connectivity index (χ2v) is 3.68. The molecule has 0 aliphatic rings. The summed E-state index contributed by atoms with van der Waals surface area (Å²) >= 11 is 0. The first-order valence-corrected chi connectivity index (χ1v) is 3.68. The Balaban J connectivity index is 0. The van der Waals surface area contributed by atoms with Crippen LogP contribution < -0.4 is 5.73 Å². The van der Waals surface area contributed by atoms with Gasteiger partial charge in [-0.2, -0.15) is 0 Å². The van der Waals surface area contributed by atoms with E-state index in [4.69, 9.17) is 5.73 Å². The SMILES string of the molecule is CC(C)C(C)(N)C(C)C.[PbH2]. The first-order chi connectivity index (χ1) is 3.89. The van der Waals surface area contributed by atoms with Crippen LogP contribution in [0.2, 0.25) is 0 Å². The maximum absolute atomic E-state index is 6.00. The first-order valence-electron chi connectivity index (χ1n) is 3.68. The van der Waals surface area contributed by atoms with E-state index in [1.54, 1.807) is 0 Å². The van der Waals surface area contributed by atoms with E-state index in [0.29, 0.717) is 11.8 Å². The Labute approximate surface area is 84.9 Å². The van der Waals surface area contributed by atoms with Gasteiger partial charge >= 0.3 is 27.3 Å². The van der Waals surface area contributed by atoms with Gasteiger partial charge in [-0.05, 0) is 18.8 Å². The summed E-state index contributed by atoms with van der Waals surface area (Å²) in [6.07, 6.45) is 0. The molecule has 0 amide bonds. The minimum atomic E-state index is 0. The first kappa shape index (κ1) is 13.5. The average Bonchev–Trinajstić information content (AvgIpc) is 1.65. The Hall–Kier alpha value is 0.882. The van der Waals surface area contributed by atoms with Crippen LogP contribution in [-0.2, 0) is 0 Å². The van der Waals surface area contributed by atoms with Gasteiger partial charge in [0.1, 0.15) is 0 Å². The molecular weight excluding hydrogens is 317 g/mol. The third-order valence-corrected chi connectivity index (χ3v) is 2.49. The molecule has 0 heterocycles. The van der Waals surface area contributed by atoms with Gasteiger partial charge in [0.25, 0.3) is 0 Å². The third-order valence-electron chi connectivity index (χ3n) is 2.49. The van der Waals surface area contributed by atoms with Gasteiger partial charge in [0, 0.05) is 5.54 Å². The molecule has 2 heteroatoms. The molecule has 0 aromatic rings. The van der Waals surface area contributed by atoms with Crippen molar-refractivity contribution in [3.05, 3.63) is 0 Å². The van der Waals surface area contributed by atoms with Gasteiger partial charge in [0.15, 0.2) is 0 Å². The fourth-order valence-corrected chi connectivity index (χ4v) is 0.667. The van der Waals surface area contributed by atoms with Crippen LogP contribution in [0.3, 0.4) is 0 Å². The summed E-state index contributed by atoms with van der Waals surface area (Å²) in [4.78, 5) is 0. The van der Waals surface area contributed by atoms with Crippen LogP contribution in [0.5, 0.6) is 0 Å². The molecule has 0 saturated carbocycles. The molecule has 2 N–H and O–H groups in total. The molecule has 0 aromatic carbocycles. The molecule has 0 unspecified atom stereocenters. The monoisotopic (exact) mass is 339 g/mol. The topological polar surface area (TPSA) is 26.0 Å². The van der Waals surface area contributed by atoms with Crippen LogP contribution in [0, 0.1) is 11.8 Å². The zero-order chi connectivity index (χ0) is 7.65. The van der Waals surface area contributed by atoms with Crippen molar-refractivity contribution in [1.29, 1.82) is 0 Å². The van der Waals surface area contributed by atoms with Gasteiger partial charge in [-0.15, -0.1) is 0 Å². The molecular formula is C8H21NPb. The predicted molar refractivity (Wildman–Crippen MR) is 50.8 cm³/mol. The van der Waals surface area contributed by atoms with E-state index in [9.17, 15) is 0 Å².